The molecule has 7 heteroatoms. The van der Waals surface area contributed by atoms with Gasteiger partial charge in [-0.2, -0.15) is 0 Å². The first kappa shape index (κ1) is 12.3. The van der Waals surface area contributed by atoms with Gasteiger partial charge < -0.3 is 5.11 Å². The first-order chi connectivity index (χ1) is 7.38. The molecule has 6 nitrogen and oxygen atoms in total. The zero-order valence-corrected chi connectivity index (χ0v) is 9.19. The quantitative estimate of drug-likeness (QED) is 0.822. The van der Waals surface area contributed by atoms with Crippen LogP contribution in [0.4, 0.5) is 0 Å². The summed E-state index contributed by atoms with van der Waals surface area (Å²) in [7, 11) is -3.81. The number of pyridine rings is 1. The van der Waals surface area contributed by atoms with Gasteiger partial charge in [-0.25, -0.2) is 18.2 Å². The number of hydrogen-bond donors (Lipinski definition) is 1. The molecule has 0 aliphatic rings. The third-order valence-corrected chi connectivity index (χ3v) is 3.44. The van der Waals surface area contributed by atoms with Crippen molar-refractivity contribution in [3.8, 4) is 0 Å². The van der Waals surface area contributed by atoms with E-state index in [9.17, 15) is 18.0 Å². The molecule has 0 aliphatic carbocycles. The standard InChI is InChI=1S/C9H9NO5S/c1-2-16(14,15)9(13)6-3-4-7(8(11)12)10-5-6/h3-5H,2H2,1H3,(H,11,12). The Morgan fingerprint density at radius 1 is 1.38 bits per heavy atom. The van der Waals surface area contributed by atoms with Crippen LogP contribution in [0.3, 0.4) is 0 Å². The predicted molar refractivity (Wildman–Crippen MR) is 55.0 cm³/mol. The third-order valence-electron chi connectivity index (χ3n) is 1.88. The van der Waals surface area contributed by atoms with E-state index in [0.717, 1.165) is 18.3 Å². The highest BCUT2D eigenvalue weighted by Crippen LogP contribution is 2.06. The van der Waals surface area contributed by atoms with E-state index in [1.54, 1.807) is 0 Å². The molecule has 1 aromatic rings. The monoisotopic (exact) mass is 243 g/mol. The first-order valence-corrected chi connectivity index (χ1v) is 6.00. The van der Waals surface area contributed by atoms with Gasteiger partial charge in [0.25, 0.3) is 5.12 Å². The number of carboxylic acids is 1. The number of rotatable bonds is 3. The van der Waals surface area contributed by atoms with Crippen LogP contribution in [0.5, 0.6) is 0 Å². The molecule has 0 aliphatic heterocycles. The molecule has 16 heavy (non-hydrogen) atoms. The number of aromatic nitrogens is 1. The van der Waals surface area contributed by atoms with E-state index in [1.807, 2.05) is 0 Å². The Morgan fingerprint density at radius 3 is 2.38 bits per heavy atom. The van der Waals surface area contributed by atoms with Crippen molar-refractivity contribution in [2.24, 2.45) is 0 Å². The summed E-state index contributed by atoms with van der Waals surface area (Å²) in [5, 5.41) is 7.51. The lowest BCUT2D eigenvalue weighted by Gasteiger charge is -2.00. The minimum Gasteiger partial charge on any atom is -0.477 e. The summed E-state index contributed by atoms with van der Waals surface area (Å²) in [6, 6.07) is 2.22. The molecule has 0 radical (unpaired) electrons. The van der Waals surface area contributed by atoms with Gasteiger partial charge >= 0.3 is 5.97 Å². The number of carbonyl (C=O) groups excluding carboxylic acids is 1. The van der Waals surface area contributed by atoms with Crippen molar-refractivity contribution >= 4 is 20.9 Å². The molecule has 0 bridgehead atoms. The zero-order chi connectivity index (χ0) is 12.3. The average molecular weight is 243 g/mol. The van der Waals surface area contributed by atoms with Crippen molar-refractivity contribution in [1.29, 1.82) is 0 Å². The Kier molecular flexibility index (Phi) is 3.38. The SMILES string of the molecule is CCS(=O)(=O)C(=O)c1ccc(C(=O)O)nc1. The number of hydrogen-bond acceptors (Lipinski definition) is 5. The van der Waals surface area contributed by atoms with Gasteiger partial charge in [-0.1, -0.05) is 6.92 Å². The number of sulfone groups is 1. The second-order valence-electron chi connectivity index (χ2n) is 2.93. The lowest BCUT2D eigenvalue weighted by Crippen LogP contribution is -2.17. The number of nitrogens with zero attached hydrogens (tertiary/aromatic N) is 1. The summed E-state index contributed by atoms with van der Waals surface area (Å²) in [6.45, 7) is 1.35. The summed E-state index contributed by atoms with van der Waals surface area (Å²) < 4.78 is 22.4. The van der Waals surface area contributed by atoms with Crippen LogP contribution in [-0.2, 0) is 9.84 Å². The van der Waals surface area contributed by atoms with Crippen molar-refractivity contribution in [3.63, 3.8) is 0 Å². The molecule has 1 rings (SSSR count). The largest absolute Gasteiger partial charge is 0.477 e. The highest BCUT2D eigenvalue weighted by molar-refractivity contribution is 8.06. The summed E-state index contributed by atoms with van der Waals surface area (Å²) in [5.41, 5.74) is -0.378. The molecule has 0 aromatic carbocycles. The summed E-state index contributed by atoms with van der Waals surface area (Å²) in [5.74, 6) is -1.54. The predicted octanol–water partition coefficient (Wildman–Crippen LogP) is 0.355. The lowest BCUT2D eigenvalue weighted by atomic mass is 10.3. The van der Waals surface area contributed by atoms with Gasteiger partial charge in [-0.05, 0) is 12.1 Å². The van der Waals surface area contributed by atoms with Gasteiger partial charge in [-0.15, -0.1) is 0 Å². The highest BCUT2D eigenvalue weighted by atomic mass is 32.2. The van der Waals surface area contributed by atoms with Gasteiger partial charge in [0.1, 0.15) is 5.69 Å². The molecule has 0 unspecified atom stereocenters. The Labute approximate surface area is 91.9 Å². The zero-order valence-electron chi connectivity index (χ0n) is 8.37. The van der Waals surface area contributed by atoms with E-state index >= 15 is 0 Å². The Bertz CT molecular complexity index is 517. The first-order valence-electron chi connectivity index (χ1n) is 4.35. The van der Waals surface area contributed by atoms with E-state index in [-0.39, 0.29) is 17.0 Å². The number of aromatic carboxylic acids is 1. The van der Waals surface area contributed by atoms with E-state index in [0.29, 0.717) is 0 Å². The van der Waals surface area contributed by atoms with Crippen LogP contribution in [-0.4, -0.2) is 35.3 Å². The van der Waals surface area contributed by atoms with Gasteiger partial charge in [-0.3, -0.25) is 4.79 Å². The molecular formula is C9H9NO5S. The Hall–Kier alpha value is -1.76. The minimum atomic E-state index is -3.81. The fourth-order valence-corrected chi connectivity index (χ4v) is 1.69. The van der Waals surface area contributed by atoms with Crippen LogP contribution in [0.25, 0.3) is 0 Å². The minimum absolute atomic E-state index is 0.133. The van der Waals surface area contributed by atoms with Crippen molar-refractivity contribution < 1.29 is 23.1 Å². The third kappa shape index (κ3) is 2.43. The molecule has 0 amide bonds. The van der Waals surface area contributed by atoms with Crippen molar-refractivity contribution in [2.75, 3.05) is 5.75 Å². The van der Waals surface area contributed by atoms with Crippen molar-refractivity contribution in [2.45, 2.75) is 6.92 Å². The van der Waals surface area contributed by atoms with Gasteiger partial charge in [0.05, 0.1) is 11.3 Å². The van der Waals surface area contributed by atoms with Crippen LogP contribution in [0.1, 0.15) is 27.8 Å². The van der Waals surface area contributed by atoms with Crippen LogP contribution in [0.2, 0.25) is 0 Å². The summed E-state index contributed by atoms with van der Waals surface area (Å²) >= 11 is 0. The van der Waals surface area contributed by atoms with Crippen molar-refractivity contribution in [1.82, 2.24) is 4.98 Å². The highest BCUT2D eigenvalue weighted by Gasteiger charge is 2.22. The average Bonchev–Trinajstić information content (AvgIpc) is 2.28. The maximum absolute atomic E-state index is 11.4. The Morgan fingerprint density at radius 2 is 2.00 bits per heavy atom. The second kappa shape index (κ2) is 4.40. The van der Waals surface area contributed by atoms with Crippen LogP contribution >= 0.6 is 0 Å². The maximum atomic E-state index is 11.4. The molecule has 0 saturated carbocycles. The topological polar surface area (TPSA) is 101 Å². The molecule has 1 aromatic heterocycles. The second-order valence-corrected chi connectivity index (χ2v) is 5.11. The molecule has 1 N–H and O–H groups in total. The van der Waals surface area contributed by atoms with Crippen LogP contribution in [0.15, 0.2) is 18.3 Å². The smallest absolute Gasteiger partial charge is 0.354 e. The van der Waals surface area contributed by atoms with Gasteiger partial charge in [0, 0.05) is 6.20 Å². The summed E-state index contributed by atoms with van der Waals surface area (Å²) in [4.78, 5) is 25.3. The molecule has 0 atom stereocenters. The van der Waals surface area contributed by atoms with Crippen LogP contribution in [0, 0.1) is 0 Å². The molecule has 0 saturated heterocycles. The van der Waals surface area contributed by atoms with Crippen molar-refractivity contribution in [3.05, 3.63) is 29.6 Å². The maximum Gasteiger partial charge on any atom is 0.354 e. The van der Waals surface area contributed by atoms with Gasteiger partial charge in [0.2, 0.25) is 9.84 Å². The van der Waals surface area contributed by atoms with E-state index < -0.39 is 20.9 Å². The summed E-state index contributed by atoms with van der Waals surface area (Å²) in [6.07, 6.45) is 0.943. The lowest BCUT2D eigenvalue weighted by molar-refractivity contribution is 0.0690. The molecule has 0 spiro atoms. The fourth-order valence-electron chi connectivity index (χ4n) is 0.952. The number of carboxylic acid groups (broad SMARTS) is 1. The normalized spacial score (nSPS) is 11.1. The number of carbonyl (C=O) groups is 2. The van der Waals surface area contributed by atoms with E-state index in [2.05, 4.69) is 4.98 Å². The fraction of sp³-hybridized carbons (Fsp3) is 0.222. The molecule has 1 heterocycles. The van der Waals surface area contributed by atoms with Crippen LogP contribution < -0.4 is 0 Å². The molecule has 86 valence electrons. The molecular weight excluding hydrogens is 234 g/mol. The van der Waals surface area contributed by atoms with Gasteiger partial charge in [0.15, 0.2) is 0 Å². The van der Waals surface area contributed by atoms with E-state index in [4.69, 9.17) is 5.11 Å². The Balaban J connectivity index is 3.09. The van der Waals surface area contributed by atoms with E-state index in [1.165, 1.54) is 6.92 Å². The molecule has 0 fully saturated rings.